The molecule has 0 nitrogen and oxygen atoms in total. The van der Waals surface area contributed by atoms with Crippen LogP contribution in [0.2, 0.25) is 0 Å². The summed E-state index contributed by atoms with van der Waals surface area (Å²) in [5, 5.41) is 10.2. The minimum Gasteiger partial charge on any atom is -0.0616 e. The predicted molar refractivity (Wildman–Crippen MR) is 172 cm³/mol. The van der Waals surface area contributed by atoms with Gasteiger partial charge in [0.2, 0.25) is 0 Å². The second-order valence-electron chi connectivity index (χ2n) is 10.2. The zero-order valence-electron chi connectivity index (χ0n) is 21.9. The van der Waals surface area contributed by atoms with Gasteiger partial charge in [-0.05, 0) is 90.0 Å². The summed E-state index contributed by atoms with van der Waals surface area (Å²) in [5.41, 5.74) is 6.25. The first-order valence-corrected chi connectivity index (χ1v) is 13.5. The number of fused-ring (bicyclic) bond motifs is 4. The first-order valence-electron chi connectivity index (χ1n) is 13.5. The van der Waals surface area contributed by atoms with Crippen LogP contribution in [-0.2, 0) is 0 Å². The smallest absolute Gasteiger partial charge is 0.00992 e. The number of aryl methyl sites for hydroxylation is 1. The van der Waals surface area contributed by atoms with Crippen molar-refractivity contribution in [1.29, 1.82) is 0 Å². The summed E-state index contributed by atoms with van der Waals surface area (Å²) in [7, 11) is 0. The Labute approximate surface area is 229 Å². The van der Waals surface area contributed by atoms with Gasteiger partial charge in [-0.15, -0.1) is 0 Å². The molecule has 0 heteroatoms. The summed E-state index contributed by atoms with van der Waals surface area (Å²) in [5.74, 6) is 0. The van der Waals surface area contributed by atoms with E-state index in [0.29, 0.717) is 0 Å². The van der Waals surface area contributed by atoms with Crippen LogP contribution >= 0.6 is 0 Å². The summed E-state index contributed by atoms with van der Waals surface area (Å²) < 4.78 is 0. The highest BCUT2D eigenvalue weighted by molar-refractivity contribution is 6.09. The third kappa shape index (κ3) is 4.31. The molecule has 0 radical (unpaired) electrons. The lowest BCUT2D eigenvalue weighted by molar-refractivity contribution is 1.43. The minimum atomic E-state index is 1.21. The van der Waals surface area contributed by atoms with Crippen molar-refractivity contribution in [2.24, 2.45) is 0 Å². The van der Waals surface area contributed by atoms with E-state index in [1.54, 1.807) is 0 Å². The molecule has 0 aromatic heterocycles. The van der Waals surface area contributed by atoms with Crippen LogP contribution in [-0.4, -0.2) is 0 Å². The summed E-state index contributed by atoms with van der Waals surface area (Å²) in [4.78, 5) is 0. The molecule has 0 saturated heterocycles. The molecule has 0 atom stereocenters. The zero-order chi connectivity index (χ0) is 26.2. The Balaban J connectivity index is 1.26. The lowest BCUT2D eigenvalue weighted by Crippen LogP contribution is -1.86. The molecule has 184 valence electrons. The van der Waals surface area contributed by atoms with Gasteiger partial charge in [-0.1, -0.05) is 140 Å². The van der Waals surface area contributed by atoms with E-state index < -0.39 is 0 Å². The third-order valence-electron chi connectivity index (χ3n) is 7.79. The number of hydrogen-bond donors (Lipinski definition) is 0. The molecule has 0 saturated carbocycles. The molecular formula is C39H28. The van der Waals surface area contributed by atoms with Crippen LogP contribution in [0.4, 0.5) is 0 Å². The second-order valence-corrected chi connectivity index (χ2v) is 10.2. The van der Waals surface area contributed by atoms with Gasteiger partial charge in [0.25, 0.3) is 0 Å². The van der Waals surface area contributed by atoms with Crippen molar-refractivity contribution in [1.82, 2.24) is 0 Å². The Hall–Kier alpha value is -4.94. The number of benzene rings is 7. The molecule has 0 fully saturated rings. The lowest BCUT2D eigenvalue weighted by Gasteiger charge is -2.09. The van der Waals surface area contributed by atoms with Crippen LogP contribution in [0.15, 0.2) is 127 Å². The van der Waals surface area contributed by atoms with E-state index in [1.807, 2.05) is 0 Å². The highest BCUT2D eigenvalue weighted by Crippen LogP contribution is 2.32. The average Bonchev–Trinajstić information content (AvgIpc) is 2.98. The monoisotopic (exact) mass is 496 g/mol. The molecule has 39 heavy (non-hydrogen) atoms. The summed E-state index contributed by atoms with van der Waals surface area (Å²) in [6.07, 6.45) is 9.06. The van der Waals surface area contributed by atoms with E-state index in [9.17, 15) is 0 Å². The Morgan fingerprint density at radius 3 is 1.23 bits per heavy atom. The molecule has 0 bridgehead atoms. The molecule has 7 aromatic carbocycles. The Kier molecular flexibility index (Phi) is 5.79. The van der Waals surface area contributed by atoms with Crippen molar-refractivity contribution < 1.29 is 0 Å². The second kappa shape index (κ2) is 9.74. The highest BCUT2D eigenvalue weighted by Gasteiger charge is 2.07. The van der Waals surface area contributed by atoms with Crippen molar-refractivity contribution >= 4 is 67.4 Å². The van der Waals surface area contributed by atoms with Gasteiger partial charge in [-0.25, -0.2) is 0 Å². The first-order chi connectivity index (χ1) is 19.2. The van der Waals surface area contributed by atoms with Gasteiger partial charge in [0, 0.05) is 0 Å². The predicted octanol–water partition coefficient (Wildman–Crippen LogP) is 10.9. The number of rotatable bonds is 4. The summed E-state index contributed by atoms with van der Waals surface area (Å²) >= 11 is 0. The molecule has 0 heterocycles. The van der Waals surface area contributed by atoms with E-state index in [-0.39, 0.29) is 0 Å². The van der Waals surface area contributed by atoms with Gasteiger partial charge in [0.05, 0.1) is 0 Å². The van der Waals surface area contributed by atoms with Gasteiger partial charge < -0.3 is 0 Å². The van der Waals surface area contributed by atoms with Crippen molar-refractivity contribution in [3.05, 3.63) is 155 Å². The Morgan fingerprint density at radius 2 is 0.795 bits per heavy atom. The molecule has 0 aliphatic heterocycles. The maximum absolute atomic E-state index is 2.29. The van der Waals surface area contributed by atoms with Crippen molar-refractivity contribution in [3.63, 3.8) is 0 Å². The summed E-state index contributed by atoms with van der Waals surface area (Å²) in [6, 6.07) is 45.9. The molecule has 0 aliphatic rings. The van der Waals surface area contributed by atoms with Crippen LogP contribution in [0.3, 0.4) is 0 Å². The quantitative estimate of drug-likeness (QED) is 0.168. The Morgan fingerprint density at radius 1 is 0.385 bits per heavy atom. The molecule has 7 rings (SSSR count). The fourth-order valence-electron chi connectivity index (χ4n) is 5.80. The maximum atomic E-state index is 2.29. The van der Waals surface area contributed by atoms with Crippen LogP contribution < -0.4 is 0 Å². The molecular weight excluding hydrogens is 468 g/mol. The summed E-state index contributed by atoms with van der Waals surface area (Å²) in [6.45, 7) is 2.20. The molecule has 0 aliphatic carbocycles. The van der Waals surface area contributed by atoms with Crippen molar-refractivity contribution in [3.8, 4) is 0 Å². The fraction of sp³-hybridized carbons (Fsp3) is 0.0256. The van der Waals surface area contributed by atoms with Crippen molar-refractivity contribution in [2.75, 3.05) is 0 Å². The van der Waals surface area contributed by atoms with Crippen molar-refractivity contribution in [2.45, 2.75) is 6.92 Å². The topological polar surface area (TPSA) is 0 Å². The van der Waals surface area contributed by atoms with E-state index in [4.69, 9.17) is 0 Å². The SMILES string of the molecule is Cc1cc(C=Cc2c3ccccc3cc3ccccc23)ccc1C=Cc1c2ccccc2cc2ccccc12. The van der Waals surface area contributed by atoms with Gasteiger partial charge in [-0.3, -0.25) is 0 Å². The standard InChI is InChI=1S/C39H28/c1-27-24-28(19-22-38-34-14-6-2-10-30(34)25-31-11-3-7-15-35(31)38)18-20-29(27)21-23-39-36-16-8-4-12-32(36)26-33-13-5-9-17-37(33)39/h2-26H,1H3. The Bertz CT molecular complexity index is 1960. The zero-order valence-corrected chi connectivity index (χ0v) is 21.9. The van der Waals surface area contributed by atoms with E-state index in [0.717, 1.165) is 0 Å². The van der Waals surface area contributed by atoms with E-state index >= 15 is 0 Å². The highest BCUT2D eigenvalue weighted by atomic mass is 14.1. The molecule has 0 unspecified atom stereocenters. The normalized spacial score (nSPS) is 12.0. The van der Waals surface area contributed by atoms with Gasteiger partial charge in [-0.2, -0.15) is 0 Å². The average molecular weight is 497 g/mol. The fourth-order valence-corrected chi connectivity index (χ4v) is 5.80. The van der Waals surface area contributed by atoms with Gasteiger partial charge in [0.1, 0.15) is 0 Å². The third-order valence-corrected chi connectivity index (χ3v) is 7.79. The van der Waals surface area contributed by atoms with Crippen LogP contribution in [0.1, 0.15) is 27.8 Å². The molecule has 0 amide bonds. The molecule has 0 spiro atoms. The number of hydrogen-bond acceptors (Lipinski definition) is 0. The van der Waals surface area contributed by atoms with Gasteiger partial charge in [0.15, 0.2) is 0 Å². The van der Waals surface area contributed by atoms with E-state index in [2.05, 4.69) is 159 Å². The van der Waals surface area contributed by atoms with Crippen LogP contribution in [0.5, 0.6) is 0 Å². The lowest BCUT2D eigenvalue weighted by atomic mass is 9.95. The maximum Gasteiger partial charge on any atom is -0.00992 e. The molecule has 0 N–H and O–H groups in total. The van der Waals surface area contributed by atoms with Crippen LogP contribution in [0.25, 0.3) is 67.4 Å². The van der Waals surface area contributed by atoms with E-state index in [1.165, 1.54) is 70.9 Å². The largest absolute Gasteiger partial charge is 0.0616 e. The minimum absolute atomic E-state index is 1.21. The molecule has 7 aromatic rings. The van der Waals surface area contributed by atoms with Gasteiger partial charge >= 0.3 is 0 Å². The first kappa shape index (κ1) is 23.2. The van der Waals surface area contributed by atoms with Crippen LogP contribution in [0, 0.1) is 6.92 Å².